The third kappa shape index (κ3) is 8.16. The molecule has 1 nitrogen and oxygen atoms in total. The fourth-order valence-corrected chi connectivity index (χ4v) is 1.43. The molecule has 0 aromatic carbocycles. The smallest absolute Gasteiger partial charge is 0.241 e. The molecule has 0 aliphatic rings. The van der Waals surface area contributed by atoms with Crippen molar-refractivity contribution in [2.45, 2.75) is 26.2 Å². The van der Waals surface area contributed by atoms with Gasteiger partial charge in [0.2, 0.25) is 7.45 Å². The molecule has 0 rings (SSSR count). The van der Waals surface area contributed by atoms with E-state index in [1.807, 2.05) is 6.92 Å². The minimum atomic E-state index is -3.20. The van der Waals surface area contributed by atoms with Crippen molar-refractivity contribution >= 4 is 7.45 Å². The Bertz CT molecular complexity index is 108. The van der Waals surface area contributed by atoms with E-state index in [1.54, 1.807) is 0 Å². The Morgan fingerprint density at radius 3 is 2.33 bits per heavy atom. The van der Waals surface area contributed by atoms with Crippen LogP contribution in [0.3, 0.4) is 0 Å². The van der Waals surface area contributed by atoms with Crippen molar-refractivity contribution in [1.29, 1.82) is 0 Å². The Morgan fingerprint density at radius 2 is 2.00 bits per heavy atom. The molecule has 3 heteroatoms. The predicted octanol–water partition coefficient (Wildman–Crippen LogP) is 3.05. The molecule has 9 heavy (non-hydrogen) atoms. The minimum absolute atomic E-state index is 0.265. The maximum atomic E-state index is 12.3. The average Bonchev–Trinajstić information content (AvgIpc) is 1.63. The van der Waals surface area contributed by atoms with Gasteiger partial charge < -0.3 is 0 Å². The maximum absolute atomic E-state index is 12.3. The lowest BCUT2D eigenvalue weighted by molar-refractivity contribution is 0.542. The van der Waals surface area contributed by atoms with E-state index < -0.39 is 7.45 Å². The normalized spacial score (nSPS) is 17.2. The number of unbranched alkanes of at least 4 members (excludes halogenated alkanes) is 2. The molecule has 0 saturated carbocycles. The van der Waals surface area contributed by atoms with Crippen molar-refractivity contribution in [1.82, 2.24) is 0 Å². The van der Waals surface area contributed by atoms with Crippen LogP contribution in [0.2, 0.25) is 0 Å². The number of rotatable bonds is 4. The van der Waals surface area contributed by atoms with Crippen molar-refractivity contribution < 1.29 is 8.76 Å². The quantitative estimate of drug-likeness (QED) is 0.447. The van der Waals surface area contributed by atoms with Gasteiger partial charge in [0.15, 0.2) is 0 Å². The van der Waals surface area contributed by atoms with Crippen LogP contribution in [0.4, 0.5) is 4.20 Å². The first-order valence-electron chi connectivity index (χ1n) is 3.32. The molecule has 0 aliphatic heterocycles. The Balaban J connectivity index is 3.18. The van der Waals surface area contributed by atoms with E-state index >= 15 is 0 Å². The van der Waals surface area contributed by atoms with Gasteiger partial charge in [-0.05, 0) is 6.42 Å². The van der Waals surface area contributed by atoms with E-state index in [0.29, 0.717) is 0 Å². The zero-order chi connectivity index (χ0) is 7.33. The van der Waals surface area contributed by atoms with E-state index in [-0.39, 0.29) is 6.16 Å². The summed E-state index contributed by atoms with van der Waals surface area (Å²) >= 11 is 0. The van der Waals surface area contributed by atoms with Crippen LogP contribution in [0.5, 0.6) is 0 Å². The Morgan fingerprint density at radius 1 is 1.44 bits per heavy atom. The summed E-state index contributed by atoms with van der Waals surface area (Å²) in [6.45, 7) is 3.24. The van der Waals surface area contributed by atoms with Gasteiger partial charge in [0.1, 0.15) is 0 Å². The molecule has 0 aromatic rings. The molecule has 1 unspecified atom stereocenters. The summed E-state index contributed by atoms with van der Waals surface area (Å²) in [6.07, 6.45) is 3.07. The van der Waals surface area contributed by atoms with Crippen molar-refractivity contribution in [2.75, 3.05) is 12.8 Å². The zero-order valence-corrected chi connectivity index (χ0v) is 6.96. The van der Waals surface area contributed by atoms with Gasteiger partial charge in [-0.2, -0.15) is 4.20 Å². The van der Waals surface area contributed by atoms with Gasteiger partial charge >= 0.3 is 0 Å². The first-order valence-corrected chi connectivity index (χ1v) is 5.55. The SMILES string of the molecule is CCCCCP(C)(=O)F. The van der Waals surface area contributed by atoms with Crippen LogP contribution in [-0.4, -0.2) is 12.8 Å². The highest BCUT2D eigenvalue weighted by Gasteiger charge is 2.09. The van der Waals surface area contributed by atoms with E-state index in [2.05, 4.69) is 0 Å². The highest BCUT2D eigenvalue weighted by Crippen LogP contribution is 2.43. The number of hydrogen-bond acceptors (Lipinski definition) is 1. The summed E-state index contributed by atoms with van der Waals surface area (Å²) in [6, 6.07) is 0. The van der Waals surface area contributed by atoms with Crippen LogP contribution < -0.4 is 0 Å². The summed E-state index contributed by atoms with van der Waals surface area (Å²) in [4.78, 5) is 0. The summed E-state index contributed by atoms with van der Waals surface area (Å²) in [7, 11) is -3.20. The van der Waals surface area contributed by atoms with Crippen LogP contribution >= 0.6 is 7.45 Å². The summed E-state index contributed by atoms with van der Waals surface area (Å²) in [5.41, 5.74) is 0. The fraction of sp³-hybridized carbons (Fsp3) is 1.00. The molecular formula is C6H14FOP. The lowest BCUT2D eigenvalue weighted by Crippen LogP contribution is -1.81. The highest BCUT2D eigenvalue weighted by molar-refractivity contribution is 7.57. The van der Waals surface area contributed by atoms with E-state index in [4.69, 9.17) is 0 Å². The first kappa shape index (κ1) is 9.16. The summed E-state index contributed by atoms with van der Waals surface area (Å²) in [5, 5.41) is 0. The van der Waals surface area contributed by atoms with Crippen molar-refractivity contribution in [3.05, 3.63) is 0 Å². The van der Waals surface area contributed by atoms with Crippen molar-refractivity contribution in [2.24, 2.45) is 0 Å². The summed E-state index contributed by atoms with van der Waals surface area (Å²) < 4.78 is 22.7. The van der Waals surface area contributed by atoms with Crippen LogP contribution in [0.25, 0.3) is 0 Å². The molecule has 0 spiro atoms. The molecule has 0 N–H and O–H groups in total. The van der Waals surface area contributed by atoms with Crippen molar-refractivity contribution in [3.8, 4) is 0 Å². The second-order valence-corrected chi connectivity index (χ2v) is 4.83. The third-order valence-electron chi connectivity index (χ3n) is 1.16. The second-order valence-electron chi connectivity index (χ2n) is 2.42. The van der Waals surface area contributed by atoms with E-state index in [9.17, 15) is 8.76 Å². The minimum Gasteiger partial charge on any atom is -0.288 e. The molecule has 0 heterocycles. The molecule has 0 amide bonds. The first-order chi connectivity index (χ1) is 4.06. The molecule has 0 saturated heterocycles. The maximum Gasteiger partial charge on any atom is 0.241 e. The Hall–Kier alpha value is 0.160. The molecule has 0 aromatic heterocycles. The van der Waals surface area contributed by atoms with Gasteiger partial charge in [-0.15, -0.1) is 0 Å². The van der Waals surface area contributed by atoms with Crippen molar-refractivity contribution in [3.63, 3.8) is 0 Å². The third-order valence-corrected chi connectivity index (χ3v) is 2.28. The number of halogens is 1. The molecule has 0 radical (unpaired) electrons. The van der Waals surface area contributed by atoms with Gasteiger partial charge in [-0.1, -0.05) is 19.8 Å². The average molecular weight is 152 g/mol. The Labute approximate surface area is 56.1 Å². The molecular weight excluding hydrogens is 138 g/mol. The van der Waals surface area contributed by atoms with Crippen LogP contribution in [0.15, 0.2) is 0 Å². The van der Waals surface area contributed by atoms with Crippen LogP contribution in [0.1, 0.15) is 26.2 Å². The lowest BCUT2D eigenvalue weighted by Gasteiger charge is -1.99. The summed E-state index contributed by atoms with van der Waals surface area (Å²) in [5.74, 6) is 0. The molecule has 0 bridgehead atoms. The van der Waals surface area contributed by atoms with Gasteiger partial charge in [0, 0.05) is 12.8 Å². The highest BCUT2D eigenvalue weighted by atomic mass is 31.2. The monoisotopic (exact) mass is 152 g/mol. The molecule has 56 valence electrons. The molecule has 0 aliphatic carbocycles. The molecule has 0 fully saturated rings. The lowest BCUT2D eigenvalue weighted by atomic mass is 10.3. The predicted molar refractivity (Wildman–Crippen MR) is 39.0 cm³/mol. The number of hydrogen-bond donors (Lipinski definition) is 0. The fourth-order valence-electron chi connectivity index (χ4n) is 0.644. The second kappa shape index (κ2) is 4.05. The van der Waals surface area contributed by atoms with E-state index in [1.165, 1.54) is 6.66 Å². The van der Waals surface area contributed by atoms with E-state index in [0.717, 1.165) is 19.3 Å². The van der Waals surface area contributed by atoms with Gasteiger partial charge in [0.05, 0.1) is 0 Å². The molecule has 1 atom stereocenters. The standard InChI is InChI=1S/C6H14FOP/c1-3-4-5-6-9(2,7)8/h3-6H2,1-2H3. The largest absolute Gasteiger partial charge is 0.288 e. The van der Waals surface area contributed by atoms with Crippen LogP contribution in [0, 0.1) is 0 Å². The van der Waals surface area contributed by atoms with Gasteiger partial charge in [-0.3, -0.25) is 4.57 Å². The van der Waals surface area contributed by atoms with Crippen LogP contribution in [-0.2, 0) is 4.57 Å². The zero-order valence-electron chi connectivity index (χ0n) is 6.06. The van der Waals surface area contributed by atoms with Gasteiger partial charge in [0.25, 0.3) is 0 Å². The topological polar surface area (TPSA) is 17.1 Å². The van der Waals surface area contributed by atoms with Gasteiger partial charge in [-0.25, -0.2) is 0 Å². The Kier molecular flexibility index (Phi) is 4.12.